The van der Waals surface area contributed by atoms with E-state index in [2.05, 4.69) is 0 Å². The van der Waals surface area contributed by atoms with Gasteiger partial charge in [-0.2, -0.15) is 0 Å². The third-order valence-electron chi connectivity index (χ3n) is 1.71. The standard InChI is InChI=1S/C6H12F3IO3Si/c1-11-14(12-2,13-3)6(10)4(7)5(8)9/h4-6H,1-3H3. The topological polar surface area (TPSA) is 27.7 Å². The third-order valence-corrected chi connectivity index (χ3v) is 7.39. The van der Waals surface area contributed by atoms with Gasteiger partial charge in [-0.25, -0.2) is 13.2 Å². The van der Waals surface area contributed by atoms with Crippen LogP contribution in [0.3, 0.4) is 0 Å². The van der Waals surface area contributed by atoms with Crippen LogP contribution in [0.15, 0.2) is 0 Å². The lowest BCUT2D eigenvalue weighted by molar-refractivity contribution is 0.0393. The van der Waals surface area contributed by atoms with Gasteiger partial charge in [0, 0.05) is 21.3 Å². The van der Waals surface area contributed by atoms with E-state index in [9.17, 15) is 13.2 Å². The highest BCUT2D eigenvalue weighted by molar-refractivity contribution is 14.1. The molecule has 0 saturated carbocycles. The van der Waals surface area contributed by atoms with Gasteiger partial charge in [0.15, 0.2) is 6.17 Å². The lowest BCUT2D eigenvalue weighted by atomic mass is 10.5. The second-order valence-electron chi connectivity index (χ2n) is 2.40. The maximum atomic E-state index is 13.0. The minimum atomic E-state index is -3.31. The van der Waals surface area contributed by atoms with Crippen molar-refractivity contribution in [2.24, 2.45) is 0 Å². The molecule has 0 aromatic rings. The van der Waals surface area contributed by atoms with E-state index in [1.807, 2.05) is 0 Å². The fourth-order valence-electron chi connectivity index (χ4n) is 0.910. The van der Waals surface area contributed by atoms with Crippen molar-refractivity contribution in [2.45, 2.75) is 16.1 Å². The molecule has 0 aromatic carbocycles. The molecule has 14 heavy (non-hydrogen) atoms. The van der Waals surface area contributed by atoms with E-state index < -0.39 is 24.9 Å². The van der Waals surface area contributed by atoms with Crippen molar-refractivity contribution in [3.8, 4) is 0 Å². The first-order chi connectivity index (χ1) is 6.45. The van der Waals surface area contributed by atoms with Crippen LogP contribution in [-0.2, 0) is 13.3 Å². The van der Waals surface area contributed by atoms with Crippen LogP contribution in [0.5, 0.6) is 0 Å². The molecule has 0 heterocycles. The summed E-state index contributed by atoms with van der Waals surface area (Å²) >= 11 is 1.53. The van der Waals surface area contributed by atoms with Crippen molar-refractivity contribution in [3.63, 3.8) is 0 Å². The summed E-state index contributed by atoms with van der Waals surface area (Å²) in [6.45, 7) is 0. The summed E-state index contributed by atoms with van der Waals surface area (Å²) in [5.41, 5.74) is 0. The molecule has 0 aliphatic carbocycles. The Labute approximate surface area is 95.4 Å². The van der Waals surface area contributed by atoms with Crippen LogP contribution in [0, 0.1) is 0 Å². The Morgan fingerprint density at radius 2 is 1.36 bits per heavy atom. The number of hydrogen-bond donors (Lipinski definition) is 0. The lowest BCUT2D eigenvalue weighted by Crippen LogP contribution is -2.56. The van der Waals surface area contributed by atoms with Gasteiger partial charge in [-0.1, -0.05) is 22.6 Å². The highest BCUT2D eigenvalue weighted by Crippen LogP contribution is 2.27. The van der Waals surface area contributed by atoms with Crippen LogP contribution >= 0.6 is 22.6 Å². The molecule has 0 spiro atoms. The molecular weight excluding hydrogens is 332 g/mol. The Kier molecular flexibility index (Phi) is 6.53. The normalized spacial score (nSPS) is 17.1. The van der Waals surface area contributed by atoms with E-state index >= 15 is 0 Å². The van der Waals surface area contributed by atoms with Gasteiger partial charge in [0.2, 0.25) is 0 Å². The highest BCUT2D eigenvalue weighted by atomic mass is 127. The largest absolute Gasteiger partial charge is 0.516 e. The summed E-state index contributed by atoms with van der Waals surface area (Å²) in [5, 5.41) is 0. The van der Waals surface area contributed by atoms with Gasteiger partial charge in [-0.3, -0.25) is 0 Å². The van der Waals surface area contributed by atoms with Gasteiger partial charge in [0.1, 0.15) is 3.55 Å². The summed E-state index contributed by atoms with van der Waals surface area (Å²) in [6.07, 6.45) is -5.38. The number of alkyl halides is 4. The maximum Gasteiger partial charge on any atom is 0.516 e. The molecular formula is C6H12F3IO3Si. The highest BCUT2D eigenvalue weighted by Gasteiger charge is 2.52. The average Bonchev–Trinajstić information content (AvgIpc) is 2.19. The van der Waals surface area contributed by atoms with E-state index in [1.54, 1.807) is 0 Å². The van der Waals surface area contributed by atoms with Crippen LogP contribution in [0.25, 0.3) is 0 Å². The first-order valence-electron chi connectivity index (χ1n) is 3.67. The molecule has 0 amide bonds. The van der Waals surface area contributed by atoms with Gasteiger partial charge in [0.05, 0.1) is 0 Å². The molecule has 0 aliphatic rings. The smallest absolute Gasteiger partial charge is 0.376 e. The minimum absolute atomic E-state index is 1.12. The molecule has 86 valence electrons. The Hall–Kier alpha value is 0.617. The summed E-state index contributed by atoms with van der Waals surface area (Å²) in [7, 11) is 0.444. The molecule has 0 saturated heterocycles. The van der Waals surface area contributed by atoms with Crippen molar-refractivity contribution in [3.05, 3.63) is 0 Å². The second-order valence-corrected chi connectivity index (χ2v) is 7.97. The first kappa shape index (κ1) is 14.6. The Bertz CT molecular complexity index is 162. The molecule has 2 unspecified atom stereocenters. The van der Waals surface area contributed by atoms with Gasteiger partial charge >= 0.3 is 8.80 Å². The molecule has 2 atom stereocenters. The number of halogens is 4. The molecule has 0 bridgehead atoms. The summed E-state index contributed by atoms with van der Waals surface area (Å²) in [6, 6.07) is 0. The van der Waals surface area contributed by atoms with Gasteiger partial charge < -0.3 is 13.3 Å². The van der Waals surface area contributed by atoms with E-state index in [1.165, 1.54) is 43.9 Å². The van der Waals surface area contributed by atoms with Crippen molar-refractivity contribution in [1.82, 2.24) is 0 Å². The molecule has 0 aliphatic heterocycles. The first-order valence-corrected chi connectivity index (χ1v) is 6.71. The van der Waals surface area contributed by atoms with Crippen LogP contribution in [0.1, 0.15) is 0 Å². The van der Waals surface area contributed by atoms with Crippen LogP contribution in [-0.4, -0.2) is 46.3 Å². The van der Waals surface area contributed by atoms with Crippen molar-refractivity contribution >= 4 is 31.4 Å². The quantitative estimate of drug-likeness (QED) is 0.418. The fraction of sp³-hybridized carbons (Fsp3) is 1.00. The molecule has 0 aromatic heterocycles. The Morgan fingerprint density at radius 3 is 1.57 bits per heavy atom. The second kappa shape index (κ2) is 6.25. The van der Waals surface area contributed by atoms with Gasteiger partial charge in [-0.15, -0.1) is 0 Å². The predicted octanol–water partition coefficient (Wildman–Crippen LogP) is 1.81. The van der Waals surface area contributed by atoms with Gasteiger partial charge in [-0.05, 0) is 0 Å². The van der Waals surface area contributed by atoms with E-state index in [-0.39, 0.29) is 0 Å². The summed E-state index contributed by atoms with van der Waals surface area (Å²) in [5.74, 6) is 0. The zero-order valence-electron chi connectivity index (χ0n) is 7.97. The molecule has 8 heteroatoms. The van der Waals surface area contributed by atoms with Gasteiger partial charge in [0.25, 0.3) is 6.43 Å². The molecule has 0 N–H and O–H groups in total. The molecule has 0 radical (unpaired) electrons. The summed E-state index contributed by atoms with van der Waals surface area (Å²) in [4.78, 5) is 0. The van der Waals surface area contributed by atoms with E-state index in [0.29, 0.717) is 0 Å². The lowest BCUT2D eigenvalue weighted by Gasteiger charge is -2.30. The minimum Gasteiger partial charge on any atom is -0.376 e. The average molecular weight is 344 g/mol. The summed E-state index contributed by atoms with van der Waals surface area (Å²) < 4.78 is 50.7. The van der Waals surface area contributed by atoms with Crippen molar-refractivity contribution in [2.75, 3.05) is 21.3 Å². The van der Waals surface area contributed by atoms with E-state index in [0.717, 1.165) is 0 Å². The zero-order valence-corrected chi connectivity index (χ0v) is 11.1. The van der Waals surface area contributed by atoms with Crippen LogP contribution < -0.4 is 0 Å². The Balaban J connectivity index is 4.66. The monoisotopic (exact) mass is 344 g/mol. The van der Waals surface area contributed by atoms with Crippen molar-refractivity contribution in [1.29, 1.82) is 0 Å². The van der Waals surface area contributed by atoms with Crippen molar-refractivity contribution < 1.29 is 26.4 Å². The SMILES string of the molecule is CO[Si](OC)(OC)C(I)C(F)C(F)F. The fourth-order valence-corrected chi connectivity index (χ4v) is 5.22. The Morgan fingerprint density at radius 1 is 1.00 bits per heavy atom. The number of rotatable bonds is 6. The maximum absolute atomic E-state index is 13.0. The third kappa shape index (κ3) is 3.05. The molecule has 3 nitrogen and oxygen atoms in total. The van der Waals surface area contributed by atoms with Crippen LogP contribution in [0.4, 0.5) is 13.2 Å². The van der Waals surface area contributed by atoms with Crippen LogP contribution in [0.2, 0.25) is 0 Å². The zero-order chi connectivity index (χ0) is 11.4. The molecule has 0 rings (SSSR count). The predicted molar refractivity (Wildman–Crippen MR) is 55.5 cm³/mol. The number of hydrogen-bond acceptors (Lipinski definition) is 3. The van der Waals surface area contributed by atoms with E-state index in [4.69, 9.17) is 13.3 Å². The molecule has 0 fully saturated rings.